The van der Waals surface area contributed by atoms with Crippen LogP contribution in [0.3, 0.4) is 0 Å². The van der Waals surface area contributed by atoms with Gasteiger partial charge in [0.05, 0.1) is 6.61 Å². The Hall–Kier alpha value is -1.90. The zero-order valence-corrected chi connectivity index (χ0v) is 17.6. The maximum Gasteiger partial charge on any atom is 0.163 e. The number of rotatable bonds is 9. The Labute approximate surface area is 168 Å². The summed E-state index contributed by atoms with van der Waals surface area (Å²) in [5.41, 5.74) is 7.38. The van der Waals surface area contributed by atoms with E-state index in [4.69, 9.17) is 16.3 Å². The molecule has 2 aromatic rings. The number of aryl methyl sites for hydroxylation is 4. The SMILES string of the molecule is C=C(COC)c1cc(C(=O)CCCc2cc(Cl)ccc2CC)c(C)cc1C. The fraction of sp³-hybridized carbons (Fsp3) is 0.375. The van der Waals surface area contributed by atoms with Crippen molar-refractivity contribution in [1.82, 2.24) is 0 Å². The molecule has 2 rings (SSSR count). The predicted octanol–water partition coefficient (Wildman–Crippen LogP) is 6.38. The lowest BCUT2D eigenvalue weighted by molar-refractivity contribution is 0.0979. The third-order valence-corrected chi connectivity index (χ3v) is 5.21. The Morgan fingerprint density at radius 2 is 1.78 bits per heavy atom. The van der Waals surface area contributed by atoms with Gasteiger partial charge in [0, 0.05) is 24.1 Å². The number of halogens is 1. The van der Waals surface area contributed by atoms with Crippen LogP contribution in [0.25, 0.3) is 5.57 Å². The van der Waals surface area contributed by atoms with Crippen molar-refractivity contribution in [3.63, 3.8) is 0 Å². The summed E-state index contributed by atoms with van der Waals surface area (Å²) < 4.78 is 5.19. The van der Waals surface area contributed by atoms with E-state index in [0.717, 1.165) is 52.1 Å². The minimum absolute atomic E-state index is 0.180. The van der Waals surface area contributed by atoms with Crippen LogP contribution in [-0.2, 0) is 17.6 Å². The summed E-state index contributed by atoms with van der Waals surface area (Å²) in [4.78, 5) is 12.8. The molecule has 2 nitrogen and oxygen atoms in total. The van der Waals surface area contributed by atoms with Crippen LogP contribution < -0.4 is 0 Å². The van der Waals surface area contributed by atoms with E-state index in [9.17, 15) is 4.79 Å². The Balaban J connectivity index is 2.11. The summed E-state index contributed by atoms with van der Waals surface area (Å²) in [6.07, 6.45) is 3.18. The van der Waals surface area contributed by atoms with E-state index in [0.29, 0.717) is 13.0 Å². The van der Waals surface area contributed by atoms with Gasteiger partial charge in [0.15, 0.2) is 5.78 Å². The summed E-state index contributed by atoms with van der Waals surface area (Å²) in [6, 6.07) is 10.1. The van der Waals surface area contributed by atoms with Crippen LogP contribution in [0.15, 0.2) is 36.9 Å². The minimum atomic E-state index is 0.180. The number of Topliss-reactive ketones (excluding diaryl/α,β-unsaturated/α-hetero) is 1. The Morgan fingerprint density at radius 1 is 1.07 bits per heavy atom. The highest BCUT2D eigenvalue weighted by Gasteiger charge is 2.14. The molecule has 0 radical (unpaired) electrons. The number of carbonyl (C=O) groups excluding carboxylic acids is 1. The molecule has 0 aromatic heterocycles. The van der Waals surface area contributed by atoms with Crippen LogP contribution in [0.1, 0.15) is 57.9 Å². The van der Waals surface area contributed by atoms with Crippen molar-refractivity contribution in [2.45, 2.75) is 46.5 Å². The third-order valence-electron chi connectivity index (χ3n) is 4.97. The van der Waals surface area contributed by atoms with E-state index in [1.807, 2.05) is 32.0 Å². The Kier molecular flexibility index (Phi) is 7.82. The van der Waals surface area contributed by atoms with Crippen LogP contribution >= 0.6 is 11.6 Å². The van der Waals surface area contributed by atoms with E-state index in [1.54, 1.807) is 7.11 Å². The number of methoxy groups -OCH3 is 1. The predicted molar refractivity (Wildman–Crippen MR) is 115 cm³/mol. The summed E-state index contributed by atoms with van der Waals surface area (Å²) in [5.74, 6) is 0.180. The average Bonchev–Trinajstić information content (AvgIpc) is 2.62. The highest BCUT2D eigenvalue weighted by atomic mass is 35.5. The molecule has 0 spiro atoms. The quantitative estimate of drug-likeness (QED) is 0.468. The average molecular weight is 385 g/mol. The molecule has 0 unspecified atom stereocenters. The maximum atomic E-state index is 12.8. The van der Waals surface area contributed by atoms with Gasteiger partial charge >= 0.3 is 0 Å². The first kappa shape index (κ1) is 21.4. The van der Waals surface area contributed by atoms with Crippen LogP contribution in [0.4, 0.5) is 0 Å². The van der Waals surface area contributed by atoms with Crippen LogP contribution in [0, 0.1) is 13.8 Å². The fourth-order valence-electron chi connectivity index (χ4n) is 3.53. The molecule has 0 atom stereocenters. The molecule has 144 valence electrons. The summed E-state index contributed by atoms with van der Waals surface area (Å²) in [5, 5.41) is 0.754. The fourth-order valence-corrected chi connectivity index (χ4v) is 3.73. The zero-order valence-electron chi connectivity index (χ0n) is 16.8. The maximum absolute atomic E-state index is 12.8. The molecule has 3 heteroatoms. The summed E-state index contributed by atoms with van der Waals surface area (Å²) in [6.45, 7) is 10.7. The topological polar surface area (TPSA) is 26.3 Å². The molecule has 0 aliphatic carbocycles. The summed E-state index contributed by atoms with van der Waals surface area (Å²) in [7, 11) is 1.65. The zero-order chi connectivity index (χ0) is 20.0. The second-order valence-corrected chi connectivity index (χ2v) is 7.50. The second kappa shape index (κ2) is 9.87. The molecule has 0 aliphatic heterocycles. The van der Waals surface area contributed by atoms with Gasteiger partial charge in [-0.3, -0.25) is 4.79 Å². The molecule has 0 saturated heterocycles. The molecule has 2 aromatic carbocycles. The van der Waals surface area contributed by atoms with E-state index < -0.39 is 0 Å². The van der Waals surface area contributed by atoms with Crippen molar-refractivity contribution in [3.8, 4) is 0 Å². The number of hydrogen-bond donors (Lipinski definition) is 0. The second-order valence-electron chi connectivity index (χ2n) is 7.06. The molecule has 0 aliphatic rings. The van der Waals surface area contributed by atoms with Gasteiger partial charge < -0.3 is 4.74 Å². The molecule has 0 bridgehead atoms. The van der Waals surface area contributed by atoms with E-state index in [-0.39, 0.29) is 5.78 Å². The Morgan fingerprint density at radius 3 is 2.44 bits per heavy atom. The number of ether oxygens (including phenoxy) is 1. The van der Waals surface area contributed by atoms with Crippen molar-refractivity contribution in [2.24, 2.45) is 0 Å². The van der Waals surface area contributed by atoms with Crippen molar-refractivity contribution in [3.05, 3.63) is 75.3 Å². The van der Waals surface area contributed by atoms with Crippen molar-refractivity contribution in [2.75, 3.05) is 13.7 Å². The van der Waals surface area contributed by atoms with Gasteiger partial charge in [0.25, 0.3) is 0 Å². The Bertz CT molecular complexity index is 837. The first-order valence-corrected chi connectivity index (χ1v) is 9.84. The number of carbonyl (C=O) groups is 1. The standard InChI is InChI=1S/C24H29ClO2/c1-6-19-10-11-21(25)13-20(19)8-7-9-24(26)23-14-22(18(4)15-27-5)16(2)12-17(23)3/h10-14H,4,6-9,15H2,1-3,5H3. The van der Waals surface area contributed by atoms with Crippen LogP contribution in [0.2, 0.25) is 5.02 Å². The normalized spacial score (nSPS) is 10.9. The molecular weight excluding hydrogens is 356 g/mol. The van der Waals surface area contributed by atoms with Gasteiger partial charge in [-0.2, -0.15) is 0 Å². The van der Waals surface area contributed by atoms with E-state index >= 15 is 0 Å². The number of ketones is 1. The van der Waals surface area contributed by atoms with Gasteiger partial charge in [-0.1, -0.05) is 37.2 Å². The van der Waals surface area contributed by atoms with Crippen LogP contribution in [-0.4, -0.2) is 19.5 Å². The lowest BCUT2D eigenvalue weighted by Crippen LogP contribution is -2.06. The van der Waals surface area contributed by atoms with Gasteiger partial charge in [0.1, 0.15) is 0 Å². The van der Waals surface area contributed by atoms with Gasteiger partial charge in [-0.05, 0) is 84.7 Å². The summed E-state index contributed by atoms with van der Waals surface area (Å²) >= 11 is 6.13. The smallest absolute Gasteiger partial charge is 0.163 e. The van der Waals surface area contributed by atoms with Gasteiger partial charge in [-0.15, -0.1) is 0 Å². The molecule has 0 heterocycles. The molecular formula is C24H29ClO2. The molecule has 0 amide bonds. The first-order chi connectivity index (χ1) is 12.9. The third kappa shape index (κ3) is 5.54. The number of benzene rings is 2. The lowest BCUT2D eigenvalue weighted by atomic mass is 9.92. The number of hydrogen-bond acceptors (Lipinski definition) is 2. The molecule has 0 fully saturated rings. The molecule has 0 saturated carbocycles. The van der Waals surface area contributed by atoms with Crippen molar-refractivity contribution in [1.29, 1.82) is 0 Å². The van der Waals surface area contributed by atoms with E-state index in [2.05, 4.69) is 25.6 Å². The van der Waals surface area contributed by atoms with Crippen LogP contribution in [0.5, 0.6) is 0 Å². The highest BCUT2D eigenvalue weighted by Crippen LogP contribution is 2.24. The minimum Gasteiger partial charge on any atom is -0.380 e. The largest absolute Gasteiger partial charge is 0.380 e. The monoisotopic (exact) mass is 384 g/mol. The van der Waals surface area contributed by atoms with Gasteiger partial charge in [0.2, 0.25) is 0 Å². The highest BCUT2D eigenvalue weighted by molar-refractivity contribution is 6.30. The first-order valence-electron chi connectivity index (χ1n) is 9.46. The van der Waals surface area contributed by atoms with Crippen molar-refractivity contribution < 1.29 is 9.53 Å². The van der Waals surface area contributed by atoms with E-state index in [1.165, 1.54) is 11.1 Å². The molecule has 27 heavy (non-hydrogen) atoms. The lowest BCUT2D eigenvalue weighted by Gasteiger charge is -2.14. The van der Waals surface area contributed by atoms with Crippen molar-refractivity contribution >= 4 is 23.0 Å². The molecule has 0 N–H and O–H groups in total. The van der Waals surface area contributed by atoms with Gasteiger partial charge in [-0.25, -0.2) is 0 Å².